The van der Waals surface area contributed by atoms with Crippen LogP contribution in [0.1, 0.15) is 60.0 Å². The van der Waals surface area contributed by atoms with Crippen molar-refractivity contribution in [2.24, 2.45) is 5.92 Å². The molecule has 1 saturated carbocycles. The average Bonchev–Trinajstić information content (AvgIpc) is 3.24. The summed E-state index contributed by atoms with van der Waals surface area (Å²) in [7, 11) is 0. The number of nitrogens with zero attached hydrogens (tertiary/aromatic N) is 3. The van der Waals surface area contributed by atoms with Gasteiger partial charge in [0.25, 0.3) is 11.5 Å². The molecule has 2 aromatic rings. The summed E-state index contributed by atoms with van der Waals surface area (Å²) in [6.45, 7) is 3.35. The van der Waals surface area contributed by atoms with Crippen molar-refractivity contribution in [3.63, 3.8) is 0 Å². The number of H-pyrrole nitrogens is 1. The Balaban J connectivity index is 1.75. The van der Waals surface area contributed by atoms with Gasteiger partial charge in [-0.1, -0.05) is 12.8 Å². The standard InChI is InChI=1S/C19H24N4O2/c1-13-7-8-15(18(24)21-13)19(25)23-11-4-10-22-12-9-20-17(22)16(23)14-5-2-3-6-14/h7-9,12,14,16H,2-6,10-11H2,1H3,(H,21,24). The first-order chi connectivity index (χ1) is 12.1. The molecule has 0 bridgehead atoms. The highest BCUT2D eigenvalue weighted by Gasteiger charge is 2.38. The minimum absolute atomic E-state index is 0.0341. The number of carbonyl (C=O) groups is 1. The second-order valence-corrected chi connectivity index (χ2v) is 7.20. The van der Waals surface area contributed by atoms with Gasteiger partial charge in [-0.3, -0.25) is 9.59 Å². The highest BCUT2D eigenvalue weighted by atomic mass is 16.2. The Bertz CT molecular complexity index is 832. The topological polar surface area (TPSA) is 71.0 Å². The van der Waals surface area contributed by atoms with Crippen LogP contribution in [0.4, 0.5) is 0 Å². The zero-order valence-electron chi connectivity index (χ0n) is 14.6. The molecule has 0 saturated heterocycles. The molecule has 132 valence electrons. The molecule has 1 N–H and O–H groups in total. The van der Waals surface area contributed by atoms with Crippen molar-refractivity contribution in [1.82, 2.24) is 19.4 Å². The van der Waals surface area contributed by atoms with Gasteiger partial charge in [-0.2, -0.15) is 0 Å². The summed E-state index contributed by atoms with van der Waals surface area (Å²) in [5.41, 5.74) is 0.691. The first-order valence-corrected chi connectivity index (χ1v) is 9.17. The molecule has 2 aromatic heterocycles. The first-order valence-electron chi connectivity index (χ1n) is 9.17. The predicted octanol–water partition coefficient (Wildman–Crippen LogP) is 2.66. The number of nitrogens with one attached hydrogen (secondary N) is 1. The van der Waals surface area contributed by atoms with Gasteiger partial charge in [0, 0.05) is 31.2 Å². The van der Waals surface area contributed by atoms with E-state index >= 15 is 0 Å². The van der Waals surface area contributed by atoms with Gasteiger partial charge in [-0.15, -0.1) is 0 Å². The van der Waals surface area contributed by atoms with Gasteiger partial charge in [0.15, 0.2) is 0 Å². The molecule has 6 nitrogen and oxygen atoms in total. The molecule has 1 aliphatic heterocycles. The van der Waals surface area contributed by atoms with Gasteiger partial charge < -0.3 is 14.5 Å². The van der Waals surface area contributed by atoms with Gasteiger partial charge in [0.05, 0.1) is 6.04 Å². The number of fused-ring (bicyclic) bond motifs is 1. The Labute approximate surface area is 146 Å². The maximum absolute atomic E-state index is 13.3. The Morgan fingerprint density at radius 2 is 2.00 bits per heavy atom. The third-order valence-electron chi connectivity index (χ3n) is 5.54. The Morgan fingerprint density at radius 1 is 1.20 bits per heavy atom. The van der Waals surface area contributed by atoms with Crippen molar-refractivity contribution in [2.75, 3.05) is 6.54 Å². The molecular formula is C19H24N4O2. The lowest BCUT2D eigenvalue weighted by molar-refractivity contribution is 0.0601. The molecule has 4 rings (SSSR count). The molecule has 25 heavy (non-hydrogen) atoms. The summed E-state index contributed by atoms with van der Waals surface area (Å²) in [4.78, 5) is 34.8. The van der Waals surface area contributed by atoms with Gasteiger partial charge >= 0.3 is 0 Å². The van der Waals surface area contributed by atoms with Crippen LogP contribution in [0.15, 0.2) is 29.3 Å². The van der Waals surface area contributed by atoms with Crippen molar-refractivity contribution in [3.05, 3.63) is 52.0 Å². The third kappa shape index (κ3) is 2.90. The van der Waals surface area contributed by atoms with E-state index in [9.17, 15) is 9.59 Å². The van der Waals surface area contributed by atoms with Gasteiger partial charge in [-0.05, 0) is 44.2 Å². The van der Waals surface area contributed by atoms with Crippen molar-refractivity contribution in [1.29, 1.82) is 0 Å². The van der Waals surface area contributed by atoms with E-state index in [0.29, 0.717) is 12.5 Å². The SMILES string of the molecule is Cc1ccc(C(=O)N2CCCn3ccnc3C2C2CCCC2)c(=O)[nH]1. The maximum atomic E-state index is 13.3. The average molecular weight is 340 g/mol. The molecule has 0 spiro atoms. The van der Waals surface area contributed by atoms with Crippen molar-refractivity contribution >= 4 is 5.91 Å². The zero-order chi connectivity index (χ0) is 17.4. The van der Waals surface area contributed by atoms with E-state index in [-0.39, 0.29) is 23.1 Å². The van der Waals surface area contributed by atoms with E-state index in [1.165, 1.54) is 12.8 Å². The fourth-order valence-electron chi connectivity index (χ4n) is 4.33. The number of hydrogen-bond donors (Lipinski definition) is 1. The van der Waals surface area contributed by atoms with Crippen LogP contribution in [0, 0.1) is 12.8 Å². The molecule has 1 aliphatic carbocycles. The van der Waals surface area contributed by atoms with Crippen LogP contribution < -0.4 is 5.56 Å². The number of imidazole rings is 1. The third-order valence-corrected chi connectivity index (χ3v) is 5.54. The molecular weight excluding hydrogens is 316 g/mol. The second kappa shape index (κ2) is 6.50. The van der Waals surface area contributed by atoms with Crippen LogP contribution in [-0.4, -0.2) is 31.9 Å². The van der Waals surface area contributed by atoms with Gasteiger partial charge in [0.2, 0.25) is 0 Å². The summed E-state index contributed by atoms with van der Waals surface area (Å²) in [6, 6.07) is 3.41. The fraction of sp³-hybridized carbons (Fsp3) is 0.526. The van der Waals surface area contributed by atoms with Crippen LogP contribution in [0.2, 0.25) is 0 Å². The lowest BCUT2D eigenvalue weighted by Gasteiger charge is -2.33. The number of rotatable bonds is 2. The highest BCUT2D eigenvalue weighted by molar-refractivity contribution is 5.94. The molecule has 1 unspecified atom stereocenters. The largest absolute Gasteiger partial charge is 0.333 e. The molecule has 2 aliphatic rings. The van der Waals surface area contributed by atoms with Crippen LogP contribution in [0.3, 0.4) is 0 Å². The molecule has 6 heteroatoms. The Kier molecular flexibility index (Phi) is 4.19. The zero-order valence-corrected chi connectivity index (χ0v) is 14.6. The molecule has 0 aromatic carbocycles. The van der Waals surface area contributed by atoms with Crippen LogP contribution in [0.5, 0.6) is 0 Å². The second-order valence-electron chi connectivity index (χ2n) is 7.20. The summed E-state index contributed by atoms with van der Waals surface area (Å²) < 4.78 is 2.18. The van der Waals surface area contributed by atoms with E-state index in [0.717, 1.165) is 37.3 Å². The van der Waals surface area contributed by atoms with E-state index in [1.807, 2.05) is 24.2 Å². The van der Waals surface area contributed by atoms with E-state index in [4.69, 9.17) is 0 Å². The molecule has 0 radical (unpaired) electrons. The van der Waals surface area contributed by atoms with Gasteiger partial charge in [-0.25, -0.2) is 4.98 Å². The van der Waals surface area contributed by atoms with E-state index in [2.05, 4.69) is 14.5 Å². The Hall–Kier alpha value is -2.37. The van der Waals surface area contributed by atoms with Crippen molar-refractivity contribution < 1.29 is 4.79 Å². The Morgan fingerprint density at radius 3 is 2.76 bits per heavy atom. The minimum atomic E-state index is -0.303. The van der Waals surface area contributed by atoms with Crippen molar-refractivity contribution in [2.45, 2.75) is 51.6 Å². The first kappa shape index (κ1) is 16.1. The maximum Gasteiger partial charge on any atom is 0.260 e. The summed E-state index contributed by atoms with van der Waals surface area (Å²) in [5.74, 6) is 1.23. The lowest BCUT2D eigenvalue weighted by Crippen LogP contribution is -2.40. The van der Waals surface area contributed by atoms with Crippen LogP contribution >= 0.6 is 0 Å². The fourth-order valence-corrected chi connectivity index (χ4v) is 4.33. The minimum Gasteiger partial charge on any atom is -0.333 e. The number of carbonyl (C=O) groups excluding carboxylic acids is 1. The molecule has 1 fully saturated rings. The molecule has 1 atom stereocenters. The number of aromatic nitrogens is 3. The van der Waals surface area contributed by atoms with Crippen molar-refractivity contribution in [3.8, 4) is 0 Å². The van der Waals surface area contributed by atoms with Crippen LogP contribution in [0.25, 0.3) is 0 Å². The quantitative estimate of drug-likeness (QED) is 0.913. The summed E-state index contributed by atoms with van der Waals surface area (Å²) in [6.07, 6.45) is 9.34. The van der Waals surface area contributed by atoms with E-state index in [1.54, 1.807) is 12.1 Å². The normalized spacial score (nSPS) is 21.2. The van der Waals surface area contributed by atoms with Gasteiger partial charge in [0.1, 0.15) is 11.4 Å². The van der Waals surface area contributed by atoms with Crippen LogP contribution in [-0.2, 0) is 6.54 Å². The number of hydrogen-bond acceptors (Lipinski definition) is 3. The number of pyridine rings is 1. The molecule has 3 heterocycles. The number of amides is 1. The summed E-state index contributed by atoms with van der Waals surface area (Å²) in [5, 5.41) is 0. The predicted molar refractivity (Wildman–Crippen MR) is 94.4 cm³/mol. The summed E-state index contributed by atoms with van der Waals surface area (Å²) >= 11 is 0. The van der Waals surface area contributed by atoms with E-state index < -0.39 is 0 Å². The highest BCUT2D eigenvalue weighted by Crippen LogP contribution is 2.40. The molecule has 1 amide bonds. The number of aryl methyl sites for hydroxylation is 2. The monoisotopic (exact) mass is 340 g/mol. The smallest absolute Gasteiger partial charge is 0.260 e. The number of aromatic amines is 1. The lowest BCUT2D eigenvalue weighted by atomic mass is 9.95.